The Hall–Kier alpha value is -1.16. The molecule has 0 aromatic heterocycles. The molecule has 1 fully saturated rings. The lowest BCUT2D eigenvalue weighted by atomic mass is 10.1. The zero-order valence-electron chi connectivity index (χ0n) is 22.0. The second-order valence-electron chi connectivity index (χ2n) is 9.61. The van der Waals surface area contributed by atoms with E-state index in [1.165, 1.54) is 31.4 Å². The molecule has 1 saturated heterocycles. The minimum Gasteiger partial charge on any atom is -0.380 e. The Morgan fingerprint density at radius 3 is 2.16 bits per heavy atom. The summed E-state index contributed by atoms with van der Waals surface area (Å²) < 4.78 is 46.1. The largest absolute Gasteiger partial charge is 0.416 e. The second kappa shape index (κ2) is 16.2. The highest BCUT2D eigenvalue weighted by atomic mass is 35.5. The van der Waals surface area contributed by atoms with Gasteiger partial charge in [-0.2, -0.15) is 13.2 Å². The lowest BCUT2D eigenvalue weighted by molar-refractivity contribution is -0.137. The van der Waals surface area contributed by atoms with Gasteiger partial charge in [-0.25, -0.2) is 0 Å². The van der Waals surface area contributed by atoms with Crippen molar-refractivity contribution in [3.8, 4) is 0 Å². The molecule has 4 nitrogen and oxygen atoms in total. The molecule has 0 aliphatic carbocycles. The average molecular weight is 595 g/mol. The molecule has 2 aromatic rings. The number of anilines is 2. The number of nitrogens with zero attached hydrogens (tertiary/aromatic N) is 3. The van der Waals surface area contributed by atoms with E-state index in [4.69, 9.17) is 4.74 Å². The predicted molar refractivity (Wildman–Crippen MR) is 156 cm³/mol. The molecule has 2 aliphatic heterocycles. The first kappa shape index (κ1) is 33.0. The van der Waals surface area contributed by atoms with Crippen LogP contribution in [0.2, 0.25) is 0 Å². The summed E-state index contributed by atoms with van der Waals surface area (Å²) in [4.78, 5) is 8.98. The molecule has 10 heteroatoms. The van der Waals surface area contributed by atoms with Gasteiger partial charge < -0.3 is 14.5 Å². The third-order valence-corrected chi connectivity index (χ3v) is 8.10. The van der Waals surface area contributed by atoms with Crippen molar-refractivity contribution in [3.05, 3.63) is 48.0 Å². The van der Waals surface area contributed by atoms with Crippen LogP contribution < -0.4 is 4.90 Å². The molecule has 2 heterocycles. The number of hydrogen-bond acceptors (Lipinski definition) is 5. The van der Waals surface area contributed by atoms with Gasteiger partial charge in [0.15, 0.2) is 0 Å². The Balaban J connectivity index is 0.00000253. The van der Waals surface area contributed by atoms with Gasteiger partial charge in [-0.15, -0.1) is 24.8 Å². The fourth-order valence-corrected chi connectivity index (χ4v) is 5.94. The van der Waals surface area contributed by atoms with Crippen LogP contribution in [0.4, 0.5) is 24.5 Å². The van der Waals surface area contributed by atoms with Crippen LogP contribution in [0.5, 0.6) is 0 Å². The number of hydrogen-bond donors (Lipinski definition) is 0. The molecule has 0 radical (unpaired) electrons. The van der Waals surface area contributed by atoms with E-state index in [2.05, 4.69) is 21.6 Å². The van der Waals surface area contributed by atoms with E-state index < -0.39 is 11.7 Å². The van der Waals surface area contributed by atoms with Gasteiger partial charge in [0.2, 0.25) is 0 Å². The average Bonchev–Trinajstić information content (AvgIpc) is 2.87. The highest BCUT2D eigenvalue weighted by Crippen LogP contribution is 2.49. The third kappa shape index (κ3) is 9.20. The van der Waals surface area contributed by atoms with Gasteiger partial charge in [-0.3, -0.25) is 4.90 Å². The van der Waals surface area contributed by atoms with Crippen LogP contribution in [0.15, 0.2) is 52.3 Å². The smallest absolute Gasteiger partial charge is 0.380 e. The van der Waals surface area contributed by atoms with Crippen LogP contribution in [-0.2, 0) is 10.9 Å². The maximum absolute atomic E-state index is 13.4. The van der Waals surface area contributed by atoms with E-state index in [-0.39, 0.29) is 24.8 Å². The lowest BCUT2D eigenvalue weighted by Crippen LogP contribution is -2.47. The van der Waals surface area contributed by atoms with Crippen molar-refractivity contribution in [3.63, 3.8) is 0 Å². The quantitative estimate of drug-likeness (QED) is 0.233. The van der Waals surface area contributed by atoms with Gasteiger partial charge in [0.1, 0.15) is 0 Å². The van der Waals surface area contributed by atoms with Crippen molar-refractivity contribution in [2.75, 3.05) is 63.9 Å². The first-order valence-electron chi connectivity index (χ1n) is 13.2. The Labute approximate surface area is 242 Å². The fraction of sp³-hybridized carbons (Fsp3) is 0.571. The van der Waals surface area contributed by atoms with Crippen molar-refractivity contribution in [2.24, 2.45) is 0 Å². The second-order valence-corrected chi connectivity index (χ2v) is 10.7. The Bertz CT molecular complexity index is 975. The summed E-state index contributed by atoms with van der Waals surface area (Å²) in [6.45, 7) is 10.7. The number of para-hydroxylation sites is 1. The summed E-state index contributed by atoms with van der Waals surface area (Å²) in [5.41, 5.74) is 1.06. The molecular weight excluding hydrogens is 554 g/mol. The van der Waals surface area contributed by atoms with Crippen molar-refractivity contribution < 1.29 is 17.9 Å². The number of benzene rings is 2. The molecule has 4 rings (SSSR count). The summed E-state index contributed by atoms with van der Waals surface area (Å²) in [6, 6.07) is 12.1. The summed E-state index contributed by atoms with van der Waals surface area (Å²) in [5, 5.41) is 0. The number of unbranched alkanes of at least 4 members (excludes halogenated alkanes) is 3. The van der Waals surface area contributed by atoms with Crippen LogP contribution in [0, 0.1) is 0 Å². The van der Waals surface area contributed by atoms with Crippen LogP contribution in [-0.4, -0.2) is 68.8 Å². The normalized spacial score (nSPS) is 15.8. The molecule has 38 heavy (non-hydrogen) atoms. The van der Waals surface area contributed by atoms with Crippen LogP contribution in [0.1, 0.15) is 44.6 Å². The number of ether oxygens (including phenoxy) is 1. The number of fused-ring (bicyclic) bond motifs is 2. The van der Waals surface area contributed by atoms with Crippen molar-refractivity contribution >= 4 is 48.0 Å². The molecule has 0 bridgehead atoms. The third-order valence-electron chi connectivity index (χ3n) is 6.97. The van der Waals surface area contributed by atoms with E-state index in [0.717, 1.165) is 80.8 Å². The van der Waals surface area contributed by atoms with Gasteiger partial charge in [-0.1, -0.05) is 50.1 Å². The number of piperazine rings is 1. The molecule has 0 unspecified atom stereocenters. The fourth-order valence-electron chi connectivity index (χ4n) is 4.86. The number of rotatable bonds is 12. The SMILES string of the molecule is CCCCCCOCCN1CCN(CCCN2c3ccccc3Sc3ccc(C(F)(F)F)cc32)CC1.Cl.Cl. The first-order valence-corrected chi connectivity index (χ1v) is 14.1. The molecule has 2 aromatic carbocycles. The van der Waals surface area contributed by atoms with Gasteiger partial charge in [0.25, 0.3) is 0 Å². The predicted octanol–water partition coefficient (Wildman–Crippen LogP) is 7.76. The highest BCUT2D eigenvalue weighted by molar-refractivity contribution is 7.99. The number of halogens is 5. The molecule has 214 valence electrons. The first-order chi connectivity index (χ1) is 17.5. The van der Waals surface area contributed by atoms with E-state index in [1.54, 1.807) is 17.8 Å². The summed E-state index contributed by atoms with van der Waals surface area (Å²) in [7, 11) is 0. The molecular formula is C28H40Cl2F3N3OS. The molecule has 0 atom stereocenters. The zero-order chi connectivity index (χ0) is 25.4. The van der Waals surface area contributed by atoms with Gasteiger partial charge in [0, 0.05) is 55.7 Å². The molecule has 0 spiro atoms. The van der Waals surface area contributed by atoms with E-state index in [9.17, 15) is 13.2 Å². The summed E-state index contributed by atoms with van der Waals surface area (Å²) in [6.07, 6.45) is 1.50. The van der Waals surface area contributed by atoms with Crippen LogP contribution in [0.25, 0.3) is 0 Å². The highest BCUT2D eigenvalue weighted by Gasteiger charge is 2.33. The van der Waals surface area contributed by atoms with Gasteiger partial charge in [-0.05, 0) is 49.7 Å². The molecule has 0 amide bonds. The summed E-state index contributed by atoms with van der Waals surface area (Å²) >= 11 is 1.54. The zero-order valence-corrected chi connectivity index (χ0v) is 24.5. The Kier molecular flexibility index (Phi) is 14.1. The standard InChI is InChI=1S/C28H38F3N3OS.2ClH/c1-2-3-4-7-20-35-21-19-33-17-15-32(16-18-33)13-8-14-34-24-9-5-6-10-26(24)36-27-12-11-23(22-25(27)34)28(29,30)31;;/h5-6,9-12,22H,2-4,7-8,13-21H2,1H3;2*1H. The lowest BCUT2D eigenvalue weighted by Gasteiger charge is -2.36. The summed E-state index contributed by atoms with van der Waals surface area (Å²) in [5.74, 6) is 0. The van der Waals surface area contributed by atoms with E-state index >= 15 is 0 Å². The van der Waals surface area contributed by atoms with Gasteiger partial charge >= 0.3 is 6.18 Å². The van der Waals surface area contributed by atoms with Crippen molar-refractivity contribution in [1.29, 1.82) is 0 Å². The minimum atomic E-state index is -4.35. The van der Waals surface area contributed by atoms with E-state index in [1.807, 2.05) is 24.3 Å². The van der Waals surface area contributed by atoms with E-state index in [0.29, 0.717) is 12.2 Å². The van der Waals surface area contributed by atoms with Crippen LogP contribution in [0.3, 0.4) is 0 Å². The molecule has 0 saturated carbocycles. The molecule has 0 N–H and O–H groups in total. The van der Waals surface area contributed by atoms with Crippen LogP contribution >= 0.6 is 36.6 Å². The maximum Gasteiger partial charge on any atom is 0.416 e. The topological polar surface area (TPSA) is 19.0 Å². The molecule has 2 aliphatic rings. The monoisotopic (exact) mass is 593 g/mol. The Morgan fingerprint density at radius 2 is 1.45 bits per heavy atom. The Morgan fingerprint density at radius 1 is 0.763 bits per heavy atom. The number of alkyl halides is 3. The van der Waals surface area contributed by atoms with Gasteiger partial charge in [0.05, 0.1) is 23.5 Å². The minimum absolute atomic E-state index is 0. The van der Waals surface area contributed by atoms with Crippen molar-refractivity contribution in [1.82, 2.24) is 9.80 Å². The maximum atomic E-state index is 13.4. The van der Waals surface area contributed by atoms with Crippen molar-refractivity contribution in [2.45, 2.75) is 55.0 Å².